The summed E-state index contributed by atoms with van der Waals surface area (Å²) in [5.41, 5.74) is 0.451. The van der Waals surface area contributed by atoms with Crippen molar-refractivity contribution >= 4 is 0 Å². The predicted octanol–water partition coefficient (Wildman–Crippen LogP) is 0.938. The van der Waals surface area contributed by atoms with Crippen LogP contribution in [-0.2, 0) is 0 Å². The molecule has 0 aromatic carbocycles. The van der Waals surface area contributed by atoms with Gasteiger partial charge in [0.2, 0.25) is 0 Å². The normalized spacial score (nSPS) is 26.5. The molecular formula is C9H20N2. The monoisotopic (exact) mass is 156 g/mol. The average Bonchev–Trinajstić information content (AvgIpc) is 2.10. The second-order valence-electron chi connectivity index (χ2n) is 4.21. The lowest BCUT2D eigenvalue weighted by atomic mass is 9.93. The molecule has 1 saturated heterocycles. The number of hydrogen-bond donors (Lipinski definition) is 1. The third-order valence-corrected chi connectivity index (χ3v) is 2.31. The van der Waals surface area contributed by atoms with Gasteiger partial charge >= 0.3 is 0 Å². The molecule has 1 aliphatic rings. The topological polar surface area (TPSA) is 15.3 Å². The minimum Gasteiger partial charge on any atom is -0.315 e. The molecule has 0 aliphatic carbocycles. The van der Waals surface area contributed by atoms with Gasteiger partial charge in [-0.1, -0.05) is 20.8 Å². The molecule has 1 aliphatic heterocycles. The van der Waals surface area contributed by atoms with E-state index in [1.165, 1.54) is 19.6 Å². The molecule has 1 N–H and O–H groups in total. The van der Waals surface area contributed by atoms with Crippen LogP contribution in [0.4, 0.5) is 0 Å². The Balaban J connectivity index is 2.47. The van der Waals surface area contributed by atoms with Gasteiger partial charge in [0.15, 0.2) is 0 Å². The van der Waals surface area contributed by atoms with Gasteiger partial charge in [-0.2, -0.15) is 0 Å². The molecule has 2 heteroatoms. The van der Waals surface area contributed by atoms with Crippen molar-refractivity contribution in [2.45, 2.75) is 20.8 Å². The van der Waals surface area contributed by atoms with E-state index in [1.807, 2.05) is 0 Å². The summed E-state index contributed by atoms with van der Waals surface area (Å²) in [6.07, 6.45) is 0. The second kappa shape index (κ2) is 3.55. The van der Waals surface area contributed by atoms with Gasteiger partial charge in [-0.3, -0.25) is 0 Å². The summed E-state index contributed by atoms with van der Waals surface area (Å²) < 4.78 is 0. The fraction of sp³-hybridized carbons (Fsp3) is 1.00. The highest BCUT2D eigenvalue weighted by Gasteiger charge is 2.22. The van der Waals surface area contributed by atoms with Gasteiger partial charge < -0.3 is 10.2 Å². The van der Waals surface area contributed by atoms with Crippen molar-refractivity contribution in [2.75, 3.05) is 32.7 Å². The number of nitrogens with zero attached hydrogens (tertiary/aromatic N) is 1. The van der Waals surface area contributed by atoms with E-state index in [0.29, 0.717) is 5.41 Å². The van der Waals surface area contributed by atoms with Gasteiger partial charge in [-0.15, -0.1) is 0 Å². The molecule has 0 aromatic heterocycles. The molecule has 2 nitrogen and oxygen atoms in total. The van der Waals surface area contributed by atoms with Crippen molar-refractivity contribution in [2.24, 2.45) is 5.41 Å². The van der Waals surface area contributed by atoms with Crippen molar-refractivity contribution in [1.29, 1.82) is 0 Å². The van der Waals surface area contributed by atoms with Gasteiger partial charge in [0.05, 0.1) is 0 Å². The smallest absolute Gasteiger partial charge is 0.0107 e. The zero-order chi connectivity index (χ0) is 8.32. The van der Waals surface area contributed by atoms with Crippen LogP contribution in [0.25, 0.3) is 0 Å². The fourth-order valence-corrected chi connectivity index (χ4v) is 1.67. The van der Waals surface area contributed by atoms with Crippen LogP contribution in [0, 0.1) is 5.41 Å². The molecular weight excluding hydrogens is 136 g/mol. The molecule has 1 rings (SSSR count). The molecule has 1 heterocycles. The summed E-state index contributed by atoms with van der Waals surface area (Å²) in [5.74, 6) is 0. The predicted molar refractivity (Wildman–Crippen MR) is 48.8 cm³/mol. The van der Waals surface area contributed by atoms with E-state index in [1.54, 1.807) is 0 Å². The fourth-order valence-electron chi connectivity index (χ4n) is 1.67. The summed E-state index contributed by atoms with van der Waals surface area (Å²) in [5, 5.41) is 3.46. The highest BCUT2D eigenvalue weighted by molar-refractivity contribution is 4.79. The molecule has 0 spiro atoms. The van der Waals surface area contributed by atoms with Crippen molar-refractivity contribution in [1.82, 2.24) is 10.2 Å². The van der Waals surface area contributed by atoms with Crippen molar-refractivity contribution in [3.63, 3.8) is 0 Å². The largest absolute Gasteiger partial charge is 0.315 e. The number of hydrogen-bond acceptors (Lipinski definition) is 2. The lowest BCUT2D eigenvalue weighted by Crippen LogP contribution is -2.34. The van der Waals surface area contributed by atoms with Crippen LogP contribution in [0.3, 0.4) is 0 Å². The molecule has 0 radical (unpaired) electrons. The van der Waals surface area contributed by atoms with Crippen LogP contribution < -0.4 is 5.32 Å². The van der Waals surface area contributed by atoms with E-state index in [2.05, 4.69) is 31.0 Å². The first kappa shape index (κ1) is 9.01. The molecule has 11 heavy (non-hydrogen) atoms. The quantitative estimate of drug-likeness (QED) is 0.608. The summed E-state index contributed by atoms with van der Waals surface area (Å²) in [7, 11) is 0. The van der Waals surface area contributed by atoms with Gasteiger partial charge in [0.25, 0.3) is 0 Å². The Labute approximate surface area is 70.0 Å². The molecule has 0 amide bonds. The minimum atomic E-state index is 0.451. The maximum Gasteiger partial charge on any atom is 0.0107 e. The van der Waals surface area contributed by atoms with E-state index >= 15 is 0 Å². The Bertz CT molecular complexity index is 121. The van der Waals surface area contributed by atoms with Crippen LogP contribution in [-0.4, -0.2) is 37.6 Å². The zero-order valence-corrected chi connectivity index (χ0v) is 7.98. The molecule has 0 bridgehead atoms. The molecule has 0 unspecified atom stereocenters. The van der Waals surface area contributed by atoms with Crippen LogP contribution in [0.5, 0.6) is 0 Å². The van der Waals surface area contributed by atoms with E-state index in [-0.39, 0.29) is 0 Å². The second-order valence-corrected chi connectivity index (χ2v) is 4.21. The SMILES string of the molecule is CCN1CCNCC(C)(C)C1. The van der Waals surface area contributed by atoms with Crippen LogP contribution in [0.2, 0.25) is 0 Å². The van der Waals surface area contributed by atoms with E-state index in [9.17, 15) is 0 Å². The average molecular weight is 156 g/mol. The highest BCUT2D eigenvalue weighted by atomic mass is 15.2. The van der Waals surface area contributed by atoms with Crippen LogP contribution >= 0.6 is 0 Å². The molecule has 0 saturated carbocycles. The third-order valence-electron chi connectivity index (χ3n) is 2.31. The van der Waals surface area contributed by atoms with E-state index < -0.39 is 0 Å². The number of nitrogens with one attached hydrogen (secondary N) is 1. The van der Waals surface area contributed by atoms with Crippen molar-refractivity contribution in [3.05, 3.63) is 0 Å². The first-order chi connectivity index (χ1) is 5.14. The summed E-state index contributed by atoms with van der Waals surface area (Å²) >= 11 is 0. The first-order valence-electron chi connectivity index (χ1n) is 4.57. The lowest BCUT2D eigenvalue weighted by Gasteiger charge is -2.27. The summed E-state index contributed by atoms with van der Waals surface area (Å²) in [6.45, 7) is 12.8. The maximum absolute atomic E-state index is 3.46. The van der Waals surface area contributed by atoms with Crippen LogP contribution in [0.1, 0.15) is 20.8 Å². The summed E-state index contributed by atoms with van der Waals surface area (Å²) in [6, 6.07) is 0. The van der Waals surface area contributed by atoms with E-state index in [4.69, 9.17) is 0 Å². The van der Waals surface area contributed by atoms with Crippen molar-refractivity contribution < 1.29 is 0 Å². The van der Waals surface area contributed by atoms with Gasteiger partial charge in [-0.05, 0) is 12.0 Å². The number of likely N-dealkylation sites (N-methyl/N-ethyl adjacent to an activating group) is 1. The Hall–Kier alpha value is -0.0800. The Morgan fingerprint density at radius 3 is 2.82 bits per heavy atom. The highest BCUT2D eigenvalue weighted by Crippen LogP contribution is 2.16. The van der Waals surface area contributed by atoms with Gasteiger partial charge in [-0.25, -0.2) is 0 Å². The molecule has 66 valence electrons. The van der Waals surface area contributed by atoms with E-state index in [0.717, 1.165) is 13.1 Å². The van der Waals surface area contributed by atoms with Gasteiger partial charge in [0, 0.05) is 26.2 Å². The molecule has 0 atom stereocenters. The molecule has 1 fully saturated rings. The Morgan fingerprint density at radius 2 is 2.18 bits per heavy atom. The molecule has 0 aromatic rings. The third kappa shape index (κ3) is 2.80. The Kier molecular flexibility index (Phi) is 2.90. The minimum absolute atomic E-state index is 0.451. The Morgan fingerprint density at radius 1 is 1.45 bits per heavy atom. The summed E-state index contributed by atoms with van der Waals surface area (Å²) in [4.78, 5) is 2.51. The van der Waals surface area contributed by atoms with Crippen LogP contribution in [0.15, 0.2) is 0 Å². The number of rotatable bonds is 1. The first-order valence-corrected chi connectivity index (χ1v) is 4.57. The maximum atomic E-state index is 3.46. The van der Waals surface area contributed by atoms with Crippen molar-refractivity contribution in [3.8, 4) is 0 Å². The zero-order valence-electron chi connectivity index (χ0n) is 7.98. The van der Waals surface area contributed by atoms with Gasteiger partial charge in [0.1, 0.15) is 0 Å². The standard InChI is InChI=1S/C9H20N2/c1-4-11-6-5-10-7-9(2,3)8-11/h10H,4-8H2,1-3H3. The lowest BCUT2D eigenvalue weighted by molar-refractivity contribution is 0.215.